The summed E-state index contributed by atoms with van der Waals surface area (Å²) in [6.07, 6.45) is 6.20. The molecule has 2 aromatic heterocycles. The molecule has 1 saturated carbocycles. The minimum atomic E-state index is -0.137. The summed E-state index contributed by atoms with van der Waals surface area (Å²) >= 11 is 1.65. The molecule has 1 N–H and O–H groups in total. The number of hydrogen-bond donors (Lipinski definition) is 1. The predicted octanol–water partition coefficient (Wildman–Crippen LogP) is 4.54. The van der Waals surface area contributed by atoms with Crippen LogP contribution < -0.4 is 5.32 Å². The molecular formula is C23H26N4OS. The highest BCUT2D eigenvalue weighted by Crippen LogP contribution is 2.43. The highest BCUT2D eigenvalue weighted by Gasteiger charge is 2.41. The summed E-state index contributed by atoms with van der Waals surface area (Å²) in [4.78, 5) is 20.1. The number of piperidine rings is 1. The Kier molecular flexibility index (Phi) is 4.66. The van der Waals surface area contributed by atoms with Gasteiger partial charge in [-0.3, -0.25) is 4.79 Å². The molecule has 3 heterocycles. The zero-order valence-corrected chi connectivity index (χ0v) is 17.5. The van der Waals surface area contributed by atoms with E-state index in [4.69, 9.17) is 4.98 Å². The van der Waals surface area contributed by atoms with Crippen LogP contribution in [0.15, 0.2) is 54.0 Å². The topological polar surface area (TPSA) is 50.2 Å². The molecule has 29 heavy (non-hydrogen) atoms. The van der Waals surface area contributed by atoms with Crippen molar-refractivity contribution in [3.8, 4) is 0 Å². The Labute approximate surface area is 175 Å². The van der Waals surface area contributed by atoms with Crippen LogP contribution >= 0.6 is 11.3 Å². The molecule has 0 spiro atoms. The van der Waals surface area contributed by atoms with Gasteiger partial charge in [-0.1, -0.05) is 30.3 Å². The second-order valence-corrected chi connectivity index (χ2v) is 8.92. The van der Waals surface area contributed by atoms with Gasteiger partial charge < -0.3 is 14.8 Å². The van der Waals surface area contributed by atoms with Gasteiger partial charge in [0, 0.05) is 43.2 Å². The molecular weight excluding hydrogens is 380 g/mol. The Morgan fingerprint density at radius 1 is 1.14 bits per heavy atom. The first-order chi connectivity index (χ1) is 14.2. The zero-order valence-electron chi connectivity index (χ0n) is 16.7. The third-order valence-electron chi connectivity index (χ3n) is 6.38. The van der Waals surface area contributed by atoms with E-state index < -0.39 is 0 Å². The first-order valence-corrected chi connectivity index (χ1v) is 11.2. The summed E-state index contributed by atoms with van der Waals surface area (Å²) in [5.74, 6) is 0.165. The number of anilines is 1. The lowest BCUT2D eigenvalue weighted by atomic mass is 9.70. The average molecular weight is 407 g/mol. The summed E-state index contributed by atoms with van der Waals surface area (Å²) in [7, 11) is 1.91. The van der Waals surface area contributed by atoms with E-state index in [1.165, 1.54) is 18.4 Å². The minimum absolute atomic E-state index is 0.137. The van der Waals surface area contributed by atoms with Crippen molar-refractivity contribution in [2.75, 3.05) is 25.5 Å². The summed E-state index contributed by atoms with van der Waals surface area (Å²) in [5.41, 5.74) is 3.11. The SMILES string of the molecule is CNc1nc(C2(c3ccccc3)CCN(C(=O)c3cccn3C3CC3)CC2)cs1. The van der Waals surface area contributed by atoms with Crippen LogP contribution in [0.25, 0.3) is 0 Å². The summed E-state index contributed by atoms with van der Waals surface area (Å²) < 4.78 is 2.17. The Hall–Kier alpha value is -2.60. The molecule has 0 atom stereocenters. The number of carbonyl (C=O) groups excluding carboxylic acids is 1. The average Bonchev–Trinajstić information content (AvgIpc) is 3.30. The molecule has 5 nitrogen and oxygen atoms in total. The number of hydrogen-bond acceptors (Lipinski definition) is 4. The minimum Gasteiger partial charge on any atom is -0.365 e. The second-order valence-electron chi connectivity index (χ2n) is 8.06. The van der Waals surface area contributed by atoms with Gasteiger partial charge in [0.25, 0.3) is 5.91 Å². The van der Waals surface area contributed by atoms with Crippen molar-refractivity contribution in [3.63, 3.8) is 0 Å². The van der Waals surface area contributed by atoms with Crippen molar-refractivity contribution in [3.05, 3.63) is 71.0 Å². The number of likely N-dealkylation sites (tertiary alicyclic amines) is 1. The van der Waals surface area contributed by atoms with E-state index in [1.54, 1.807) is 11.3 Å². The van der Waals surface area contributed by atoms with Gasteiger partial charge in [0.2, 0.25) is 0 Å². The molecule has 1 aromatic carbocycles. The van der Waals surface area contributed by atoms with E-state index in [0.29, 0.717) is 6.04 Å². The van der Waals surface area contributed by atoms with E-state index in [2.05, 4.69) is 51.8 Å². The van der Waals surface area contributed by atoms with Gasteiger partial charge in [-0.2, -0.15) is 0 Å². The molecule has 6 heteroatoms. The van der Waals surface area contributed by atoms with Gasteiger partial charge in [-0.05, 0) is 43.4 Å². The third-order valence-corrected chi connectivity index (χ3v) is 7.24. The summed E-state index contributed by atoms with van der Waals surface area (Å²) in [5, 5.41) is 6.28. The molecule has 5 rings (SSSR count). The van der Waals surface area contributed by atoms with Crippen molar-refractivity contribution >= 4 is 22.4 Å². The van der Waals surface area contributed by atoms with Gasteiger partial charge in [-0.25, -0.2) is 4.98 Å². The number of rotatable bonds is 5. The second kappa shape index (κ2) is 7.34. The predicted molar refractivity (Wildman–Crippen MR) is 117 cm³/mol. The molecule has 3 aromatic rings. The van der Waals surface area contributed by atoms with E-state index in [-0.39, 0.29) is 11.3 Å². The lowest BCUT2D eigenvalue weighted by Crippen LogP contribution is -2.46. The molecule has 2 fully saturated rings. The fraction of sp³-hybridized carbons (Fsp3) is 0.391. The largest absolute Gasteiger partial charge is 0.365 e. The van der Waals surface area contributed by atoms with Crippen LogP contribution in [0.1, 0.15) is 53.5 Å². The summed E-state index contributed by atoms with van der Waals surface area (Å²) in [6.45, 7) is 1.49. The Bertz CT molecular complexity index is 997. The third kappa shape index (κ3) is 3.25. The van der Waals surface area contributed by atoms with Crippen LogP contribution in [0, 0.1) is 0 Å². The van der Waals surface area contributed by atoms with Crippen LogP contribution in [0.3, 0.4) is 0 Å². The number of nitrogens with one attached hydrogen (secondary N) is 1. The quantitative estimate of drug-likeness (QED) is 0.677. The van der Waals surface area contributed by atoms with E-state index in [1.807, 2.05) is 24.1 Å². The summed E-state index contributed by atoms with van der Waals surface area (Å²) in [6, 6.07) is 15.2. The van der Waals surface area contributed by atoms with Gasteiger partial charge in [0.15, 0.2) is 5.13 Å². The van der Waals surface area contributed by atoms with Gasteiger partial charge in [0.05, 0.1) is 5.69 Å². The smallest absolute Gasteiger partial charge is 0.270 e. The maximum absolute atomic E-state index is 13.2. The van der Waals surface area contributed by atoms with Crippen LogP contribution in [0.2, 0.25) is 0 Å². The van der Waals surface area contributed by atoms with Gasteiger partial charge in [0.1, 0.15) is 5.69 Å². The molecule has 1 aliphatic carbocycles. The van der Waals surface area contributed by atoms with Crippen molar-refractivity contribution in [1.29, 1.82) is 0 Å². The number of thiazole rings is 1. The van der Waals surface area contributed by atoms with Crippen molar-refractivity contribution in [2.24, 2.45) is 0 Å². The Balaban J connectivity index is 1.41. The van der Waals surface area contributed by atoms with Crippen LogP contribution in [-0.4, -0.2) is 40.5 Å². The highest BCUT2D eigenvalue weighted by atomic mass is 32.1. The lowest BCUT2D eigenvalue weighted by molar-refractivity contribution is 0.0673. The number of carbonyl (C=O) groups is 1. The number of aromatic nitrogens is 2. The maximum atomic E-state index is 13.2. The maximum Gasteiger partial charge on any atom is 0.270 e. The fourth-order valence-corrected chi connectivity index (χ4v) is 5.33. The first-order valence-electron chi connectivity index (χ1n) is 10.4. The van der Waals surface area contributed by atoms with Crippen molar-refractivity contribution < 1.29 is 4.79 Å². The first kappa shape index (κ1) is 18.4. The van der Waals surface area contributed by atoms with Gasteiger partial charge in [-0.15, -0.1) is 11.3 Å². The number of amides is 1. The van der Waals surface area contributed by atoms with E-state index in [0.717, 1.165) is 42.5 Å². The molecule has 1 amide bonds. The van der Waals surface area contributed by atoms with Crippen molar-refractivity contribution in [1.82, 2.24) is 14.5 Å². The monoisotopic (exact) mass is 406 g/mol. The molecule has 1 aliphatic heterocycles. The fourth-order valence-electron chi connectivity index (χ4n) is 4.56. The van der Waals surface area contributed by atoms with Crippen LogP contribution in [-0.2, 0) is 5.41 Å². The normalized spacial score (nSPS) is 18.6. The number of benzene rings is 1. The van der Waals surface area contributed by atoms with Crippen LogP contribution in [0.4, 0.5) is 5.13 Å². The molecule has 2 aliphatic rings. The van der Waals surface area contributed by atoms with Gasteiger partial charge >= 0.3 is 0 Å². The Morgan fingerprint density at radius 2 is 1.90 bits per heavy atom. The molecule has 0 unspecified atom stereocenters. The molecule has 0 bridgehead atoms. The lowest BCUT2D eigenvalue weighted by Gasteiger charge is -2.41. The van der Waals surface area contributed by atoms with Crippen LogP contribution in [0.5, 0.6) is 0 Å². The molecule has 1 saturated heterocycles. The molecule has 0 radical (unpaired) electrons. The van der Waals surface area contributed by atoms with E-state index >= 15 is 0 Å². The zero-order chi connectivity index (χ0) is 19.8. The Morgan fingerprint density at radius 3 is 2.55 bits per heavy atom. The molecule has 150 valence electrons. The van der Waals surface area contributed by atoms with E-state index in [9.17, 15) is 4.79 Å². The number of nitrogens with zero attached hydrogens (tertiary/aromatic N) is 3. The standard InChI is InChI=1S/C23H26N4OS/c1-24-22-25-20(16-29-22)23(17-6-3-2-4-7-17)11-14-26(15-12-23)21(28)19-8-5-13-27(19)18-9-10-18/h2-8,13,16,18H,9-12,14-15H2,1H3,(H,24,25). The van der Waals surface area contributed by atoms with Crippen molar-refractivity contribution in [2.45, 2.75) is 37.1 Å². The highest BCUT2D eigenvalue weighted by molar-refractivity contribution is 7.13.